The van der Waals surface area contributed by atoms with E-state index in [4.69, 9.17) is 0 Å². The molecule has 13 heavy (non-hydrogen) atoms. The van der Waals surface area contributed by atoms with Gasteiger partial charge < -0.3 is 0 Å². The molecule has 1 unspecified atom stereocenters. The molecule has 0 aromatic rings. The van der Waals surface area contributed by atoms with E-state index in [0.717, 1.165) is 0 Å². The van der Waals surface area contributed by atoms with Crippen LogP contribution in [-0.2, 0) is 0 Å². The SMILES string of the molecule is CC(C)N1CCCC1(C)C(F)(F)F. The third-order valence-electron chi connectivity index (χ3n) is 2.93. The maximum Gasteiger partial charge on any atom is 0.406 e. The molecule has 0 aromatic carbocycles. The van der Waals surface area contributed by atoms with Crippen molar-refractivity contribution in [3.63, 3.8) is 0 Å². The zero-order valence-electron chi connectivity index (χ0n) is 8.28. The van der Waals surface area contributed by atoms with Gasteiger partial charge in [0.05, 0.1) is 0 Å². The molecular formula is C9H16F3N. The van der Waals surface area contributed by atoms with Gasteiger partial charge in [-0.15, -0.1) is 0 Å². The smallest absolute Gasteiger partial charge is 0.288 e. The van der Waals surface area contributed by atoms with Gasteiger partial charge in [-0.3, -0.25) is 4.90 Å². The topological polar surface area (TPSA) is 3.24 Å². The van der Waals surface area contributed by atoms with Gasteiger partial charge in [-0.1, -0.05) is 0 Å². The molecule has 0 radical (unpaired) electrons. The van der Waals surface area contributed by atoms with Gasteiger partial charge in [-0.2, -0.15) is 13.2 Å². The van der Waals surface area contributed by atoms with Gasteiger partial charge in [-0.05, 0) is 40.2 Å². The molecule has 1 fully saturated rings. The van der Waals surface area contributed by atoms with Crippen LogP contribution in [0.1, 0.15) is 33.6 Å². The maximum atomic E-state index is 12.7. The molecule has 78 valence electrons. The fourth-order valence-corrected chi connectivity index (χ4v) is 2.12. The van der Waals surface area contributed by atoms with Crippen molar-refractivity contribution in [3.8, 4) is 0 Å². The molecule has 1 saturated heterocycles. The van der Waals surface area contributed by atoms with Crippen LogP contribution in [0, 0.1) is 0 Å². The fraction of sp³-hybridized carbons (Fsp3) is 1.00. The first-order valence-corrected chi connectivity index (χ1v) is 4.62. The summed E-state index contributed by atoms with van der Waals surface area (Å²) in [5.74, 6) is 0. The standard InChI is InChI=1S/C9H16F3N/c1-7(2)13-6-4-5-8(13,3)9(10,11)12/h7H,4-6H2,1-3H3. The van der Waals surface area contributed by atoms with Crippen LogP contribution in [0.4, 0.5) is 13.2 Å². The number of nitrogens with zero attached hydrogens (tertiary/aromatic N) is 1. The minimum absolute atomic E-state index is 0.0332. The highest BCUT2D eigenvalue weighted by Gasteiger charge is 2.57. The third kappa shape index (κ3) is 1.68. The van der Waals surface area contributed by atoms with E-state index in [1.165, 1.54) is 6.92 Å². The molecule has 1 heterocycles. The van der Waals surface area contributed by atoms with E-state index in [-0.39, 0.29) is 12.5 Å². The van der Waals surface area contributed by atoms with Crippen LogP contribution in [0.25, 0.3) is 0 Å². The van der Waals surface area contributed by atoms with Crippen LogP contribution >= 0.6 is 0 Å². The Labute approximate surface area is 76.9 Å². The Morgan fingerprint density at radius 1 is 1.31 bits per heavy atom. The summed E-state index contributed by atoms with van der Waals surface area (Å²) in [6.07, 6.45) is -3.23. The quantitative estimate of drug-likeness (QED) is 0.622. The van der Waals surface area contributed by atoms with Gasteiger partial charge in [0.15, 0.2) is 0 Å². The Balaban J connectivity index is 2.88. The van der Waals surface area contributed by atoms with E-state index in [1.807, 2.05) is 13.8 Å². The normalized spacial score (nSPS) is 31.6. The second kappa shape index (κ2) is 3.15. The summed E-state index contributed by atoms with van der Waals surface area (Å²) in [6.45, 7) is 5.50. The van der Waals surface area contributed by atoms with Crippen molar-refractivity contribution in [3.05, 3.63) is 0 Å². The Morgan fingerprint density at radius 3 is 2.15 bits per heavy atom. The first-order valence-electron chi connectivity index (χ1n) is 4.62. The lowest BCUT2D eigenvalue weighted by molar-refractivity contribution is -0.221. The number of hydrogen-bond donors (Lipinski definition) is 0. The van der Waals surface area contributed by atoms with E-state index >= 15 is 0 Å². The lowest BCUT2D eigenvalue weighted by Gasteiger charge is -2.39. The predicted molar refractivity (Wildman–Crippen MR) is 45.5 cm³/mol. The maximum absolute atomic E-state index is 12.7. The van der Waals surface area contributed by atoms with Gasteiger partial charge in [-0.25, -0.2) is 0 Å². The minimum Gasteiger partial charge on any atom is -0.288 e. The average molecular weight is 195 g/mol. The van der Waals surface area contributed by atoms with Gasteiger partial charge >= 0.3 is 6.18 Å². The first-order chi connectivity index (χ1) is 5.79. The summed E-state index contributed by atoms with van der Waals surface area (Å²) in [5.41, 5.74) is -1.60. The van der Waals surface area contributed by atoms with Gasteiger partial charge in [0.2, 0.25) is 0 Å². The molecule has 1 atom stereocenters. The minimum atomic E-state index is -4.10. The van der Waals surface area contributed by atoms with Crippen molar-refractivity contribution in [2.24, 2.45) is 0 Å². The molecule has 0 spiro atoms. The predicted octanol–water partition coefficient (Wildman–Crippen LogP) is 2.81. The zero-order valence-corrected chi connectivity index (χ0v) is 8.28. The Hall–Kier alpha value is -0.250. The monoisotopic (exact) mass is 195 g/mol. The summed E-state index contributed by atoms with van der Waals surface area (Å²) >= 11 is 0. The Morgan fingerprint density at radius 2 is 1.85 bits per heavy atom. The second-order valence-electron chi connectivity index (χ2n) is 4.16. The van der Waals surface area contributed by atoms with Crippen molar-refractivity contribution in [1.29, 1.82) is 0 Å². The van der Waals surface area contributed by atoms with Crippen molar-refractivity contribution in [2.45, 2.75) is 51.4 Å². The van der Waals surface area contributed by atoms with Crippen LogP contribution in [-0.4, -0.2) is 29.2 Å². The average Bonchev–Trinajstić information content (AvgIpc) is 2.30. The highest BCUT2D eigenvalue weighted by Crippen LogP contribution is 2.43. The molecule has 0 aromatic heterocycles. The Bertz CT molecular complexity index is 188. The highest BCUT2D eigenvalue weighted by atomic mass is 19.4. The summed E-state index contributed by atoms with van der Waals surface area (Å²) in [5, 5.41) is 0. The molecule has 0 N–H and O–H groups in total. The molecule has 1 nitrogen and oxygen atoms in total. The second-order valence-corrected chi connectivity index (χ2v) is 4.16. The van der Waals surface area contributed by atoms with E-state index in [0.29, 0.717) is 13.0 Å². The van der Waals surface area contributed by atoms with Crippen LogP contribution in [0.15, 0.2) is 0 Å². The van der Waals surface area contributed by atoms with Crippen LogP contribution in [0.2, 0.25) is 0 Å². The third-order valence-corrected chi connectivity index (χ3v) is 2.93. The van der Waals surface area contributed by atoms with Crippen molar-refractivity contribution < 1.29 is 13.2 Å². The lowest BCUT2D eigenvalue weighted by Crippen LogP contribution is -2.55. The summed E-state index contributed by atoms with van der Waals surface area (Å²) < 4.78 is 38.1. The van der Waals surface area contributed by atoms with Crippen molar-refractivity contribution in [2.75, 3.05) is 6.54 Å². The van der Waals surface area contributed by atoms with E-state index in [9.17, 15) is 13.2 Å². The van der Waals surface area contributed by atoms with Crippen molar-refractivity contribution in [1.82, 2.24) is 4.90 Å². The molecule has 0 bridgehead atoms. The molecule has 0 amide bonds. The lowest BCUT2D eigenvalue weighted by atomic mass is 9.97. The van der Waals surface area contributed by atoms with E-state index in [1.54, 1.807) is 4.90 Å². The Kier molecular flexibility index (Phi) is 2.63. The molecule has 1 aliphatic rings. The van der Waals surface area contributed by atoms with Gasteiger partial charge in [0.25, 0.3) is 0 Å². The summed E-state index contributed by atoms with van der Waals surface area (Å²) in [7, 11) is 0. The zero-order chi connectivity index (χ0) is 10.3. The fourth-order valence-electron chi connectivity index (χ4n) is 2.12. The number of likely N-dealkylation sites (tertiary alicyclic amines) is 1. The largest absolute Gasteiger partial charge is 0.406 e. The number of halogens is 3. The first kappa shape index (κ1) is 10.8. The molecule has 1 rings (SSSR count). The number of alkyl halides is 3. The molecular weight excluding hydrogens is 179 g/mol. The molecule has 0 saturated carbocycles. The van der Waals surface area contributed by atoms with E-state index in [2.05, 4.69) is 0 Å². The molecule has 1 aliphatic heterocycles. The van der Waals surface area contributed by atoms with Crippen LogP contribution in [0.3, 0.4) is 0 Å². The number of hydrogen-bond acceptors (Lipinski definition) is 1. The summed E-state index contributed by atoms with van der Waals surface area (Å²) in [4.78, 5) is 1.55. The van der Waals surface area contributed by atoms with Crippen LogP contribution in [0.5, 0.6) is 0 Å². The van der Waals surface area contributed by atoms with Crippen molar-refractivity contribution >= 4 is 0 Å². The highest BCUT2D eigenvalue weighted by molar-refractivity contribution is 4.99. The van der Waals surface area contributed by atoms with E-state index < -0.39 is 11.7 Å². The van der Waals surface area contributed by atoms with Gasteiger partial charge in [0.1, 0.15) is 5.54 Å². The summed E-state index contributed by atoms with van der Waals surface area (Å²) in [6, 6.07) is -0.0332. The van der Waals surface area contributed by atoms with Crippen LogP contribution < -0.4 is 0 Å². The number of rotatable bonds is 1. The molecule has 0 aliphatic carbocycles. The van der Waals surface area contributed by atoms with Gasteiger partial charge in [0, 0.05) is 6.04 Å². The molecule has 4 heteroatoms.